The van der Waals surface area contributed by atoms with E-state index in [4.69, 9.17) is 0 Å². The first-order valence-corrected chi connectivity index (χ1v) is 4.95. The third kappa shape index (κ3) is 1.24. The van der Waals surface area contributed by atoms with E-state index in [9.17, 15) is 4.79 Å². The van der Waals surface area contributed by atoms with Gasteiger partial charge in [0.05, 0.1) is 18.2 Å². The van der Waals surface area contributed by atoms with E-state index in [2.05, 4.69) is 9.97 Å². The molecule has 4 nitrogen and oxygen atoms in total. The number of nitrogens with one attached hydrogen (secondary N) is 1. The summed E-state index contributed by atoms with van der Waals surface area (Å²) < 4.78 is 1.79. The second-order valence-electron chi connectivity index (χ2n) is 3.52. The lowest BCUT2D eigenvalue weighted by atomic mass is 10.1. The van der Waals surface area contributed by atoms with Crippen LogP contribution in [0.15, 0.2) is 53.8 Å². The maximum Gasteiger partial charge on any atom is 0.273 e. The van der Waals surface area contributed by atoms with Crippen molar-refractivity contribution in [3.8, 4) is 11.3 Å². The molecular formula is C12H9N3O. The molecule has 0 spiro atoms. The van der Waals surface area contributed by atoms with Crippen molar-refractivity contribution in [2.45, 2.75) is 0 Å². The van der Waals surface area contributed by atoms with Gasteiger partial charge < -0.3 is 4.98 Å². The predicted octanol–water partition coefficient (Wildman–Crippen LogP) is 1.69. The van der Waals surface area contributed by atoms with Gasteiger partial charge in [0.1, 0.15) is 5.52 Å². The Morgan fingerprint density at radius 2 is 2.00 bits per heavy atom. The van der Waals surface area contributed by atoms with Gasteiger partial charge in [-0.3, -0.25) is 9.20 Å². The summed E-state index contributed by atoms with van der Waals surface area (Å²) in [5.41, 5.74) is 2.40. The molecule has 0 unspecified atom stereocenters. The van der Waals surface area contributed by atoms with Crippen LogP contribution in [0.3, 0.4) is 0 Å². The van der Waals surface area contributed by atoms with Crippen molar-refractivity contribution in [3.63, 3.8) is 0 Å². The Morgan fingerprint density at radius 3 is 2.81 bits per heavy atom. The van der Waals surface area contributed by atoms with Crippen molar-refractivity contribution in [2.75, 3.05) is 0 Å². The second-order valence-corrected chi connectivity index (χ2v) is 3.52. The number of imidazole rings is 1. The van der Waals surface area contributed by atoms with Crippen LogP contribution in [0.2, 0.25) is 0 Å². The molecule has 0 saturated carbocycles. The SMILES string of the molecule is O=c1[nH]cc(-c2ccccc2)n2cncc12. The lowest BCUT2D eigenvalue weighted by molar-refractivity contribution is 1.10. The highest BCUT2D eigenvalue weighted by Gasteiger charge is 2.05. The second kappa shape index (κ2) is 3.34. The van der Waals surface area contributed by atoms with Gasteiger partial charge in [-0.05, 0) is 0 Å². The monoisotopic (exact) mass is 211 g/mol. The third-order valence-electron chi connectivity index (χ3n) is 2.54. The first-order valence-electron chi connectivity index (χ1n) is 4.95. The minimum Gasteiger partial charge on any atom is -0.325 e. The molecule has 0 aliphatic rings. The normalized spacial score (nSPS) is 10.8. The van der Waals surface area contributed by atoms with E-state index < -0.39 is 0 Å². The van der Waals surface area contributed by atoms with Gasteiger partial charge in [-0.25, -0.2) is 4.98 Å². The summed E-state index contributed by atoms with van der Waals surface area (Å²) in [5.74, 6) is 0. The van der Waals surface area contributed by atoms with Crippen molar-refractivity contribution in [1.82, 2.24) is 14.4 Å². The van der Waals surface area contributed by atoms with E-state index in [-0.39, 0.29) is 5.56 Å². The molecule has 0 aliphatic heterocycles. The molecule has 2 heterocycles. The van der Waals surface area contributed by atoms with Gasteiger partial charge in [0.2, 0.25) is 0 Å². The number of H-pyrrole nitrogens is 1. The summed E-state index contributed by atoms with van der Waals surface area (Å²) in [4.78, 5) is 18.2. The molecule has 1 aromatic carbocycles. The number of hydrogen-bond donors (Lipinski definition) is 1. The van der Waals surface area contributed by atoms with Gasteiger partial charge in [-0.15, -0.1) is 0 Å². The molecule has 0 amide bonds. The Kier molecular flexibility index (Phi) is 1.86. The van der Waals surface area contributed by atoms with Crippen LogP contribution in [0.4, 0.5) is 0 Å². The van der Waals surface area contributed by atoms with Gasteiger partial charge in [0.15, 0.2) is 0 Å². The van der Waals surface area contributed by atoms with E-state index in [0.717, 1.165) is 11.3 Å². The topological polar surface area (TPSA) is 50.2 Å². The maximum absolute atomic E-state index is 11.5. The molecule has 3 aromatic rings. The van der Waals surface area contributed by atoms with Crippen LogP contribution in [-0.2, 0) is 0 Å². The molecular weight excluding hydrogens is 202 g/mol. The molecule has 0 fully saturated rings. The van der Waals surface area contributed by atoms with Crippen LogP contribution in [0, 0.1) is 0 Å². The van der Waals surface area contributed by atoms with Gasteiger partial charge in [-0.2, -0.15) is 0 Å². The number of nitrogens with zero attached hydrogens (tertiary/aromatic N) is 2. The third-order valence-corrected chi connectivity index (χ3v) is 2.54. The fourth-order valence-corrected chi connectivity index (χ4v) is 1.76. The van der Waals surface area contributed by atoms with E-state index in [1.807, 2.05) is 30.3 Å². The highest BCUT2D eigenvalue weighted by Crippen LogP contribution is 2.17. The highest BCUT2D eigenvalue weighted by atomic mass is 16.1. The Morgan fingerprint density at radius 1 is 1.19 bits per heavy atom. The van der Waals surface area contributed by atoms with Crippen LogP contribution in [0.1, 0.15) is 0 Å². The zero-order valence-electron chi connectivity index (χ0n) is 8.42. The molecule has 0 bridgehead atoms. The Labute approximate surface area is 91.2 Å². The van der Waals surface area contributed by atoms with Gasteiger partial charge in [-0.1, -0.05) is 30.3 Å². The number of hydrogen-bond acceptors (Lipinski definition) is 2. The minimum atomic E-state index is -0.128. The van der Waals surface area contributed by atoms with Crippen LogP contribution >= 0.6 is 0 Å². The quantitative estimate of drug-likeness (QED) is 0.665. The number of rotatable bonds is 1. The highest BCUT2D eigenvalue weighted by molar-refractivity contribution is 5.62. The first kappa shape index (κ1) is 8.91. The molecule has 0 saturated heterocycles. The summed E-state index contributed by atoms with van der Waals surface area (Å²) in [5, 5.41) is 0. The average Bonchev–Trinajstić information content (AvgIpc) is 2.81. The largest absolute Gasteiger partial charge is 0.325 e. The summed E-state index contributed by atoms with van der Waals surface area (Å²) in [7, 11) is 0. The fraction of sp³-hybridized carbons (Fsp3) is 0. The van der Waals surface area contributed by atoms with Crippen molar-refractivity contribution >= 4 is 5.52 Å². The molecule has 0 aliphatic carbocycles. The molecule has 1 N–H and O–H groups in total. The molecule has 2 aromatic heterocycles. The molecule has 4 heteroatoms. The van der Waals surface area contributed by atoms with Crippen LogP contribution in [0.5, 0.6) is 0 Å². The van der Waals surface area contributed by atoms with Crippen molar-refractivity contribution in [1.29, 1.82) is 0 Å². The Bertz CT molecular complexity index is 682. The van der Waals surface area contributed by atoms with Gasteiger partial charge >= 0.3 is 0 Å². The number of fused-ring (bicyclic) bond motifs is 1. The molecule has 78 valence electrons. The molecule has 16 heavy (non-hydrogen) atoms. The number of benzene rings is 1. The van der Waals surface area contributed by atoms with E-state index in [0.29, 0.717) is 5.52 Å². The number of aromatic nitrogens is 3. The summed E-state index contributed by atoms with van der Waals surface area (Å²) in [6, 6.07) is 9.87. The minimum absolute atomic E-state index is 0.128. The van der Waals surface area contributed by atoms with Crippen molar-refractivity contribution < 1.29 is 0 Å². The number of aromatic amines is 1. The summed E-state index contributed by atoms with van der Waals surface area (Å²) in [6.07, 6.45) is 4.91. The zero-order chi connectivity index (χ0) is 11.0. The fourth-order valence-electron chi connectivity index (χ4n) is 1.76. The van der Waals surface area contributed by atoms with Crippen LogP contribution < -0.4 is 5.56 Å². The molecule has 3 rings (SSSR count). The Balaban J connectivity index is 2.37. The van der Waals surface area contributed by atoms with E-state index in [1.54, 1.807) is 23.1 Å². The summed E-state index contributed by atoms with van der Waals surface area (Å²) >= 11 is 0. The molecule has 0 atom stereocenters. The van der Waals surface area contributed by atoms with Crippen LogP contribution in [0.25, 0.3) is 16.8 Å². The van der Waals surface area contributed by atoms with E-state index in [1.165, 1.54) is 0 Å². The smallest absolute Gasteiger partial charge is 0.273 e. The lowest BCUT2D eigenvalue weighted by Crippen LogP contribution is -2.09. The van der Waals surface area contributed by atoms with Crippen LogP contribution in [-0.4, -0.2) is 14.4 Å². The van der Waals surface area contributed by atoms with Crippen molar-refractivity contribution in [3.05, 3.63) is 59.4 Å². The van der Waals surface area contributed by atoms with Gasteiger partial charge in [0.25, 0.3) is 5.56 Å². The van der Waals surface area contributed by atoms with Gasteiger partial charge in [0, 0.05) is 11.8 Å². The lowest BCUT2D eigenvalue weighted by Gasteiger charge is -2.04. The Hall–Kier alpha value is -2.36. The van der Waals surface area contributed by atoms with Crippen molar-refractivity contribution in [2.24, 2.45) is 0 Å². The average molecular weight is 211 g/mol. The maximum atomic E-state index is 11.5. The standard InChI is InChI=1S/C12H9N3O/c16-12-11-6-13-8-15(11)10(7-14-12)9-4-2-1-3-5-9/h1-8H,(H,14,16). The van der Waals surface area contributed by atoms with E-state index >= 15 is 0 Å². The molecule has 0 radical (unpaired) electrons. The zero-order valence-corrected chi connectivity index (χ0v) is 8.42. The summed E-state index contributed by atoms with van der Waals surface area (Å²) in [6.45, 7) is 0. The first-order chi connectivity index (χ1) is 7.86. The predicted molar refractivity (Wildman–Crippen MR) is 61.2 cm³/mol.